The van der Waals surface area contributed by atoms with Crippen LogP contribution in [0.5, 0.6) is 0 Å². The highest BCUT2D eigenvalue weighted by molar-refractivity contribution is 9.10. The summed E-state index contributed by atoms with van der Waals surface area (Å²) in [6, 6.07) is 10.9. The highest BCUT2D eigenvalue weighted by Gasteiger charge is 2.37. The molecule has 1 saturated heterocycles. The minimum Gasteiger partial charge on any atom is -0.465 e. The van der Waals surface area contributed by atoms with Gasteiger partial charge in [0.15, 0.2) is 5.69 Å². The van der Waals surface area contributed by atoms with Crippen LogP contribution in [0.1, 0.15) is 42.4 Å². The van der Waals surface area contributed by atoms with Crippen molar-refractivity contribution in [3.63, 3.8) is 0 Å². The zero-order valence-electron chi connectivity index (χ0n) is 22.1. The lowest BCUT2D eigenvalue weighted by Gasteiger charge is -2.46. The van der Waals surface area contributed by atoms with E-state index < -0.39 is 17.8 Å². The molecule has 1 aromatic heterocycles. The lowest BCUT2D eigenvalue weighted by Crippen LogP contribution is -2.59. The van der Waals surface area contributed by atoms with E-state index in [2.05, 4.69) is 46.9 Å². The molecule has 0 radical (unpaired) electrons. The van der Waals surface area contributed by atoms with Crippen LogP contribution in [-0.4, -0.2) is 73.9 Å². The average molecular weight is 618 g/mol. The van der Waals surface area contributed by atoms with Gasteiger partial charge in [0.05, 0.1) is 10.5 Å². The van der Waals surface area contributed by atoms with Crippen LogP contribution in [0.15, 0.2) is 56.7 Å². The van der Waals surface area contributed by atoms with E-state index in [1.165, 1.54) is 23.1 Å². The van der Waals surface area contributed by atoms with E-state index in [4.69, 9.17) is 4.63 Å². The van der Waals surface area contributed by atoms with E-state index in [9.17, 15) is 24.3 Å². The normalized spacial score (nSPS) is 16.6. The lowest BCUT2D eigenvalue weighted by atomic mass is 9.84. The third-order valence-electron chi connectivity index (χ3n) is 6.56. The van der Waals surface area contributed by atoms with Crippen LogP contribution in [0.25, 0.3) is 0 Å². The van der Waals surface area contributed by atoms with Gasteiger partial charge in [-0.1, -0.05) is 38.1 Å². The Morgan fingerprint density at radius 3 is 2.50 bits per heavy atom. The van der Waals surface area contributed by atoms with Crippen molar-refractivity contribution in [1.29, 1.82) is 0 Å². The number of nitrogens with one attached hydrogen (secondary N) is 2. The van der Waals surface area contributed by atoms with Gasteiger partial charge in [-0.3, -0.25) is 9.69 Å². The molecule has 0 saturated carbocycles. The predicted molar refractivity (Wildman–Crippen MR) is 148 cm³/mol. The van der Waals surface area contributed by atoms with E-state index >= 15 is 0 Å². The minimum absolute atomic E-state index is 0.0678. The molecule has 0 spiro atoms. The summed E-state index contributed by atoms with van der Waals surface area (Å²) in [5.74, 6) is -1.22. The zero-order chi connectivity index (χ0) is 29.0. The molecule has 40 heavy (non-hydrogen) atoms. The number of aromatic nitrogens is 2. The fourth-order valence-corrected chi connectivity index (χ4v) is 4.80. The number of benzene rings is 2. The van der Waals surface area contributed by atoms with Crippen molar-refractivity contribution < 1.29 is 28.9 Å². The summed E-state index contributed by atoms with van der Waals surface area (Å²) in [4.78, 5) is 28.3. The number of hydrogen-bond donors (Lipinski definition) is 4. The first-order valence-electron chi connectivity index (χ1n) is 12.4. The summed E-state index contributed by atoms with van der Waals surface area (Å²) in [6.45, 7) is 8.37. The van der Waals surface area contributed by atoms with Gasteiger partial charge >= 0.3 is 6.09 Å². The molecule has 14 heteroatoms. The van der Waals surface area contributed by atoms with Gasteiger partial charge in [-0.2, -0.15) is 0 Å². The topological polar surface area (TPSA) is 156 Å². The van der Waals surface area contributed by atoms with Crippen molar-refractivity contribution >= 4 is 45.3 Å². The summed E-state index contributed by atoms with van der Waals surface area (Å²) in [6.07, 6.45) is -0.905. The molecule has 0 bridgehead atoms. The number of oxime groups is 1. The molecule has 3 aromatic rings. The largest absolute Gasteiger partial charge is 0.465 e. The molecule has 1 aliphatic rings. The van der Waals surface area contributed by atoms with Gasteiger partial charge in [0.2, 0.25) is 11.7 Å². The van der Waals surface area contributed by atoms with E-state index in [-0.39, 0.29) is 33.3 Å². The number of amides is 2. The number of amidine groups is 1. The van der Waals surface area contributed by atoms with Crippen LogP contribution in [0, 0.1) is 11.2 Å². The SMILES string of the molecule is CC(C)(C)C1CN(Cc2ccc(C(=O)Nc3nonc3/C(=N\O)Nc3ccc(F)c(Br)c3)cc2)CCN1C(=O)O. The van der Waals surface area contributed by atoms with Gasteiger partial charge in [-0.05, 0) is 67.6 Å². The Hall–Kier alpha value is -4.04. The standard InChI is InChI=1S/C26H29BrFN7O5/c1-26(2,3)20-14-34(10-11-35(20)25(37)38)13-15-4-6-16(7-5-15)24(36)30-23-21(32-40-33-23)22(31-39)29-17-8-9-19(28)18(27)12-17/h4-9,12,20,39H,10-11,13-14H2,1-3H3,(H,29,31)(H,37,38)(H,30,33,36). The number of hydrogen-bond acceptors (Lipinski definition) is 8. The summed E-state index contributed by atoms with van der Waals surface area (Å²) in [5, 5.41) is 35.0. The van der Waals surface area contributed by atoms with Crippen LogP contribution < -0.4 is 10.6 Å². The second kappa shape index (κ2) is 12.0. The summed E-state index contributed by atoms with van der Waals surface area (Å²) < 4.78 is 18.5. The molecule has 0 aliphatic carbocycles. The monoisotopic (exact) mass is 617 g/mol. The first-order valence-corrected chi connectivity index (χ1v) is 13.1. The first kappa shape index (κ1) is 29.0. The molecule has 4 N–H and O–H groups in total. The van der Waals surface area contributed by atoms with E-state index in [0.29, 0.717) is 37.4 Å². The third-order valence-corrected chi connectivity index (χ3v) is 7.17. The van der Waals surface area contributed by atoms with E-state index in [1.807, 2.05) is 32.9 Å². The van der Waals surface area contributed by atoms with Crippen molar-refractivity contribution in [2.75, 3.05) is 30.3 Å². The smallest absolute Gasteiger partial charge is 0.407 e. The number of piperazine rings is 1. The van der Waals surface area contributed by atoms with Gasteiger partial charge in [-0.25, -0.2) is 13.8 Å². The molecular weight excluding hydrogens is 589 g/mol. The highest BCUT2D eigenvalue weighted by Crippen LogP contribution is 2.28. The molecule has 212 valence electrons. The Bertz CT molecular complexity index is 1410. The van der Waals surface area contributed by atoms with Gasteiger partial charge in [0.1, 0.15) is 5.82 Å². The van der Waals surface area contributed by atoms with Crippen LogP contribution in [0.4, 0.5) is 20.7 Å². The van der Waals surface area contributed by atoms with E-state index in [0.717, 1.165) is 5.56 Å². The summed E-state index contributed by atoms with van der Waals surface area (Å²) >= 11 is 3.08. The van der Waals surface area contributed by atoms with Crippen molar-refractivity contribution in [1.82, 2.24) is 20.1 Å². The molecule has 4 rings (SSSR count). The van der Waals surface area contributed by atoms with Crippen LogP contribution >= 0.6 is 15.9 Å². The van der Waals surface area contributed by atoms with Gasteiger partial charge in [0, 0.05) is 37.4 Å². The molecule has 1 unspecified atom stereocenters. The number of halogens is 2. The maximum atomic E-state index is 13.5. The fourth-order valence-electron chi connectivity index (χ4n) is 4.42. The lowest BCUT2D eigenvalue weighted by molar-refractivity contribution is 0.0190. The van der Waals surface area contributed by atoms with Crippen molar-refractivity contribution in [3.05, 3.63) is 69.6 Å². The quantitative estimate of drug-likeness (QED) is 0.133. The predicted octanol–water partition coefficient (Wildman–Crippen LogP) is 4.68. The Balaban J connectivity index is 1.40. The number of nitrogens with zero attached hydrogens (tertiary/aromatic N) is 5. The second-order valence-corrected chi connectivity index (χ2v) is 11.3. The Morgan fingerprint density at radius 1 is 1.15 bits per heavy atom. The summed E-state index contributed by atoms with van der Waals surface area (Å²) in [7, 11) is 0. The van der Waals surface area contributed by atoms with Crippen molar-refractivity contribution in [2.24, 2.45) is 10.6 Å². The molecule has 12 nitrogen and oxygen atoms in total. The number of carbonyl (C=O) groups excluding carboxylic acids is 1. The Morgan fingerprint density at radius 2 is 1.88 bits per heavy atom. The molecule has 2 amide bonds. The second-order valence-electron chi connectivity index (χ2n) is 10.4. The van der Waals surface area contributed by atoms with Crippen LogP contribution in [-0.2, 0) is 6.54 Å². The number of carbonyl (C=O) groups is 2. The van der Waals surface area contributed by atoms with Gasteiger partial charge in [0.25, 0.3) is 5.91 Å². The maximum Gasteiger partial charge on any atom is 0.407 e. The average Bonchev–Trinajstić information content (AvgIpc) is 3.36. The van der Waals surface area contributed by atoms with E-state index in [1.54, 1.807) is 12.1 Å². The number of anilines is 2. The molecule has 2 heterocycles. The molecule has 2 aromatic carbocycles. The van der Waals surface area contributed by atoms with Crippen LogP contribution in [0.3, 0.4) is 0 Å². The first-order chi connectivity index (χ1) is 19.0. The van der Waals surface area contributed by atoms with Crippen LogP contribution in [0.2, 0.25) is 0 Å². The van der Waals surface area contributed by atoms with Crippen molar-refractivity contribution in [3.8, 4) is 0 Å². The number of rotatable bonds is 6. The van der Waals surface area contributed by atoms with Gasteiger partial charge < -0.3 is 25.8 Å². The third kappa shape index (κ3) is 6.74. The molecule has 1 fully saturated rings. The van der Waals surface area contributed by atoms with Crippen molar-refractivity contribution in [2.45, 2.75) is 33.4 Å². The molecule has 1 atom stereocenters. The zero-order valence-corrected chi connectivity index (χ0v) is 23.6. The summed E-state index contributed by atoms with van der Waals surface area (Å²) in [5.41, 5.74) is 1.43. The molecular formula is C26H29BrFN7O5. The highest BCUT2D eigenvalue weighted by atomic mass is 79.9. The maximum absolute atomic E-state index is 13.5. The Kier molecular flexibility index (Phi) is 8.69. The Labute approximate surface area is 237 Å². The number of carboxylic acid groups (broad SMARTS) is 1. The van der Waals surface area contributed by atoms with Gasteiger partial charge in [-0.15, -0.1) is 0 Å². The fraction of sp³-hybridized carbons (Fsp3) is 0.346. The molecule has 1 aliphatic heterocycles. The minimum atomic E-state index is -0.905.